The quantitative estimate of drug-likeness (QED) is 0.718. The van der Waals surface area contributed by atoms with Gasteiger partial charge in [-0.1, -0.05) is 18.2 Å². The van der Waals surface area contributed by atoms with Gasteiger partial charge in [-0.3, -0.25) is 0 Å². The summed E-state index contributed by atoms with van der Waals surface area (Å²) < 4.78 is 11.2. The van der Waals surface area contributed by atoms with E-state index in [9.17, 15) is 0 Å². The van der Waals surface area contributed by atoms with Crippen LogP contribution in [0.1, 0.15) is 19.3 Å². The fraction of sp³-hybridized carbons (Fsp3) is 0.600. The van der Waals surface area contributed by atoms with Gasteiger partial charge in [0.1, 0.15) is 5.75 Å². The summed E-state index contributed by atoms with van der Waals surface area (Å²) >= 11 is 0. The van der Waals surface area contributed by atoms with E-state index in [-0.39, 0.29) is 0 Å². The Balaban J connectivity index is 1.42. The zero-order chi connectivity index (χ0) is 12.5. The van der Waals surface area contributed by atoms with Crippen LogP contribution in [-0.2, 0) is 4.74 Å². The van der Waals surface area contributed by atoms with Crippen molar-refractivity contribution in [2.75, 3.05) is 32.9 Å². The number of hydrogen-bond donors (Lipinski definition) is 1. The van der Waals surface area contributed by atoms with Gasteiger partial charge in [-0.25, -0.2) is 0 Å². The molecule has 0 bridgehead atoms. The predicted molar refractivity (Wildman–Crippen MR) is 73.0 cm³/mol. The van der Waals surface area contributed by atoms with Crippen LogP contribution in [0.4, 0.5) is 0 Å². The van der Waals surface area contributed by atoms with Gasteiger partial charge in [-0.15, -0.1) is 0 Å². The van der Waals surface area contributed by atoms with Crippen LogP contribution in [-0.4, -0.2) is 32.9 Å². The molecule has 1 N–H and O–H groups in total. The third-order valence-electron chi connectivity index (χ3n) is 3.28. The maximum Gasteiger partial charge on any atom is 0.119 e. The summed E-state index contributed by atoms with van der Waals surface area (Å²) in [6.07, 6.45) is 3.45. The maximum absolute atomic E-state index is 5.63. The summed E-state index contributed by atoms with van der Waals surface area (Å²) in [6, 6.07) is 9.93. The molecule has 18 heavy (non-hydrogen) atoms. The highest BCUT2D eigenvalue weighted by Crippen LogP contribution is 2.12. The Morgan fingerprint density at radius 3 is 2.78 bits per heavy atom. The number of rotatable bonds is 8. The SMILES string of the molecule is c1ccc(OCCCOCCC2CCNC2)cc1. The van der Waals surface area contributed by atoms with Crippen LogP contribution in [0.2, 0.25) is 0 Å². The fourth-order valence-electron chi connectivity index (χ4n) is 2.18. The molecule has 1 fully saturated rings. The number of hydrogen-bond acceptors (Lipinski definition) is 3. The van der Waals surface area contributed by atoms with Crippen molar-refractivity contribution < 1.29 is 9.47 Å². The van der Waals surface area contributed by atoms with Gasteiger partial charge in [0.15, 0.2) is 0 Å². The van der Waals surface area contributed by atoms with Gasteiger partial charge in [-0.05, 0) is 44.0 Å². The van der Waals surface area contributed by atoms with E-state index < -0.39 is 0 Å². The second-order valence-electron chi connectivity index (χ2n) is 4.77. The van der Waals surface area contributed by atoms with Crippen molar-refractivity contribution in [1.82, 2.24) is 5.32 Å². The average Bonchev–Trinajstić information content (AvgIpc) is 2.92. The Kier molecular flexibility index (Phi) is 6.03. The van der Waals surface area contributed by atoms with Crippen molar-refractivity contribution in [2.45, 2.75) is 19.3 Å². The highest BCUT2D eigenvalue weighted by atomic mass is 16.5. The molecule has 0 spiro atoms. The second kappa shape index (κ2) is 8.11. The van der Waals surface area contributed by atoms with Gasteiger partial charge in [0, 0.05) is 19.6 Å². The van der Waals surface area contributed by atoms with Crippen LogP contribution < -0.4 is 10.1 Å². The summed E-state index contributed by atoms with van der Waals surface area (Å²) in [5.74, 6) is 1.76. The minimum atomic E-state index is 0.731. The van der Waals surface area contributed by atoms with Crippen LogP contribution in [0.25, 0.3) is 0 Å². The fourth-order valence-corrected chi connectivity index (χ4v) is 2.18. The lowest BCUT2D eigenvalue weighted by atomic mass is 10.1. The Morgan fingerprint density at radius 2 is 2.00 bits per heavy atom. The third-order valence-corrected chi connectivity index (χ3v) is 3.28. The smallest absolute Gasteiger partial charge is 0.119 e. The van der Waals surface area contributed by atoms with Crippen molar-refractivity contribution in [2.24, 2.45) is 5.92 Å². The third kappa shape index (κ3) is 5.07. The van der Waals surface area contributed by atoms with Crippen molar-refractivity contribution in [3.63, 3.8) is 0 Å². The highest BCUT2D eigenvalue weighted by Gasteiger charge is 2.13. The maximum atomic E-state index is 5.63. The molecular formula is C15H23NO2. The average molecular weight is 249 g/mol. The number of para-hydroxylation sites is 1. The first kappa shape index (κ1) is 13.4. The Labute approximate surface area is 109 Å². The van der Waals surface area contributed by atoms with E-state index in [0.717, 1.165) is 37.9 Å². The van der Waals surface area contributed by atoms with E-state index >= 15 is 0 Å². The highest BCUT2D eigenvalue weighted by molar-refractivity contribution is 5.20. The van der Waals surface area contributed by atoms with Crippen molar-refractivity contribution in [1.29, 1.82) is 0 Å². The lowest BCUT2D eigenvalue weighted by molar-refractivity contribution is 0.109. The van der Waals surface area contributed by atoms with Crippen LogP contribution >= 0.6 is 0 Å². The summed E-state index contributed by atoms with van der Waals surface area (Å²) in [7, 11) is 0. The zero-order valence-corrected chi connectivity index (χ0v) is 10.9. The molecule has 1 aromatic rings. The van der Waals surface area contributed by atoms with E-state index in [0.29, 0.717) is 0 Å². The first-order chi connectivity index (χ1) is 8.95. The molecule has 0 aliphatic carbocycles. The molecule has 1 aliphatic heterocycles. The molecule has 0 radical (unpaired) electrons. The first-order valence-electron chi connectivity index (χ1n) is 6.91. The van der Waals surface area contributed by atoms with Crippen molar-refractivity contribution >= 4 is 0 Å². The van der Waals surface area contributed by atoms with E-state index in [1.807, 2.05) is 30.3 Å². The molecule has 1 aliphatic rings. The van der Waals surface area contributed by atoms with Crippen LogP contribution in [0, 0.1) is 5.92 Å². The van der Waals surface area contributed by atoms with Gasteiger partial charge < -0.3 is 14.8 Å². The zero-order valence-electron chi connectivity index (χ0n) is 10.9. The van der Waals surface area contributed by atoms with Gasteiger partial charge in [0.2, 0.25) is 0 Å². The van der Waals surface area contributed by atoms with Crippen LogP contribution in [0.3, 0.4) is 0 Å². The number of ether oxygens (including phenoxy) is 2. The molecule has 100 valence electrons. The molecule has 3 nitrogen and oxygen atoms in total. The second-order valence-corrected chi connectivity index (χ2v) is 4.77. The van der Waals surface area contributed by atoms with Gasteiger partial charge in [0.25, 0.3) is 0 Å². The lowest BCUT2D eigenvalue weighted by Gasteiger charge is -2.09. The lowest BCUT2D eigenvalue weighted by Crippen LogP contribution is -2.11. The Hall–Kier alpha value is -1.06. The monoisotopic (exact) mass is 249 g/mol. The minimum Gasteiger partial charge on any atom is -0.494 e. The van der Waals surface area contributed by atoms with Gasteiger partial charge >= 0.3 is 0 Å². The summed E-state index contributed by atoms with van der Waals surface area (Å²) in [5, 5.41) is 3.38. The van der Waals surface area contributed by atoms with Gasteiger partial charge in [-0.2, -0.15) is 0 Å². The summed E-state index contributed by atoms with van der Waals surface area (Å²) in [5.41, 5.74) is 0. The summed E-state index contributed by atoms with van der Waals surface area (Å²) in [6.45, 7) is 4.76. The Bertz CT molecular complexity index is 310. The first-order valence-corrected chi connectivity index (χ1v) is 6.91. The molecular weight excluding hydrogens is 226 g/mol. The normalized spacial score (nSPS) is 19.0. The summed E-state index contributed by atoms with van der Waals surface area (Å²) in [4.78, 5) is 0. The van der Waals surface area contributed by atoms with E-state index in [4.69, 9.17) is 9.47 Å². The molecule has 0 saturated carbocycles. The molecule has 0 amide bonds. The molecule has 1 saturated heterocycles. The van der Waals surface area contributed by atoms with E-state index in [1.165, 1.54) is 25.9 Å². The topological polar surface area (TPSA) is 30.5 Å². The van der Waals surface area contributed by atoms with Gasteiger partial charge in [0.05, 0.1) is 6.61 Å². The molecule has 0 aromatic heterocycles. The largest absolute Gasteiger partial charge is 0.494 e. The standard InChI is InChI=1S/C15H23NO2/c1-2-5-15(6-3-1)18-11-4-10-17-12-8-14-7-9-16-13-14/h1-3,5-6,14,16H,4,7-13H2. The minimum absolute atomic E-state index is 0.731. The number of nitrogens with one attached hydrogen (secondary N) is 1. The number of benzene rings is 1. The predicted octanol–water partition coefficient (Wildman–Crippen LogP) is 2.47. The van der Waals surface area contributed by atoms with Crippen LogP contribution in [0.15, 0.2) is 30.3 Å². The molecule has 1 unspecified atom stereocenters. The molecule has 2 rings (SSSR count). The van der Waals surface area contributed by atoms with E-state index in [1.54, 1.807) is 0 Å². The van der Waals surface area contributed by atoms with E-state index in [2.05, 4.69) is 5.32 Å². The van der Waals surface area contributed by atoms with Crippen molar-refractivity contribution in [3.05, 3.63) is 30.3 Å². The molecule has 1 heterocycles. The van der Waals surface area contributed by atoms with Crippen molar-refractivity contribution in [3.8, 4) is 5.75 Å². The molecule has 1 aromatic carbocycles. The molecule has 3 heteroatoms. The Morgan fingerprint density at radius 1 is 1.11 bits per heavy atom. The van der Waals surface area contributed by atoms with Crippen LogP contribution in [0.5, 0.6) is 5.75 Å². The molecule has 1 atom stereocenters.